The average molecular weight is 427 g/mol. The highest BCUT2D eigenvalue weighted by Gasteiger charge is 2.39. The van der Waals surface area contributed by atoms with Crippen LogP contribution < -0.4 is 16.9 Å². The lowest BCUT2D eigenvalue weighted by Gasteiger charge is -2.31. The molecule has 152 valence electrons. The first kappa shape index (κ1) is 19.6. The molecule has 8 nitrogen and oxygen atoms in total. The van der Waals surface area contributed by atoms with Gasteiger partial charge in [-0.25, -0.2) is 14.8 Å². The summed E-state index contributed by atoms with van der Waals surface area (Å²) in [5, 5.41) is 3.73. The normalized spacial score (nSPS) is 23.1. The van der Waals surface area contributed by atoms with Crippen molar-refractivity contribution in [2.45, 2.75) is 11.9 Å². The molecule has 3 heterocycles. The van der Waals surface area contributed by atoms with E-state index in [9.17, 15) is 9.18 Å². The second-order valence-corrected chi connectivity index (χ2v) is 7.15. The van der Waals surface area contributed by atoms with Crippen LogP contribution in [0.3, 0.4) is 0 Å². The van der Waals surface area contributed by atoms with Gasteiger partial charge in [0.1, 0.15) is 11.7 Å². The number of carbonyl (C=O) groups excluding carboxylic acids is 1. The molecule has 0 spiro atoms. The maximum absolute atomic E-state index is 13.5. The molecule has 1 amide bonds. The number of aromatic nitrogens is 1. The molecule has 0 saturated carbocycles. The molecular formula is C20H16ClFN6O2. The van der Waals surface area contributed by atoms with Crippen LogP contribution in [0.25, 0.3) is 5.57 Å². The number of primary amides is 1. The van der Waals surface area contributed by atoms with Gasteiger partial charge in [-0.2, -0.15) is 0 Å². The van der Waals surface area contributed by atoms with E-state index >= 15 is 0 Å². The number of aliphatic imine (C=N–C) groups is 1. The van der Waals surface area contributed by atoms with E-state index in [0.717, 1.165) is 11.3 Å². The number of hydrazone groups is 1. The number of ether oxygens (including phenoxy) is 1. The minimum Gasteiger partial charge on any atom is -0.414 e. The summed E-state index contributed by atoms with van der Waals surface area (Å²) in [4.78, 5) is 18.6. The number of nitrogens with zero attached hydrogens (tertiary/aromatic N) is 3. The third-order valence-electron chi connectivity index (χ3n) is 4.54. The van der Waals surface area contributed by atoms with Crippen LogP contribution in [-0.4, -0.2) is 22.6 Å². The maximum atomic E-state index is 13.5. The molecule has 2 aliphatic heterocycles. The summed E-state index contributed by atoms with van der Waals surface area (Å²) < 4.78 is 18.9. The molecule has 0 saturated heterocycles. The Morgan fingerprint density at radius 2 is 2.00 bits per heavy atom. The zero-order valence-corrected chi connectivity index (χ0v) is 16.4. The molecule has 4 rings (SSSR count). The van der Waals surface area contributed by atoms with Gasteiger partial charge in [0.05, 0.1) is 5.57 Å². The fourth-order valence-corrected chi connectivity index (χ4v) is 3.51. The molecule has 1 aromatic heterocycles. The second kappa shape index (κ2) is 7.27. The van der Waals surface area contributed by atoms with E-state index in [0.29, 0.717) is 16.7 Å². The van der Waals surface area contributed by atoms with Crippen LogP contribution in [0.4, 0.5) is 4.39 Å². The lowest BCUT2D eigenvalue weighted by Crippen LogP contribution is -2.31. The van der Waals surface area contributed by atoms with Gasteiger partial charge in [-0.05, 0) is 48.4 Å². The Labute approximate surface area is 175 Å². The van der Waals surface area contributed by atoms with Crippen LogP contribution >= 0.6 is 11.6 Å². The molecule has 0 radical (unpaired) electrons. The van der Waals surface area contributed by atoms with E-state index in [1.54, 1.807) is 18.3 Å². The molecule has 1 aromatic carbocycles. The molecule has 1 atom stereocenters. The Morgan fingerprint density at radius 1 is 1.27 bits per heavy atom. The van der Waals surface area contributed by atoms with Crippen molar-refractivity contribution in [3.63, 3.8) is 0 Å². The maximum Gasteiger partial charge on any atom is 0.306 e. The Balaban J connectivity index is 1.89. The molecule has 1 unspecified atom stereocenters. The summed E-state index contributed by atoms with van der Waals surface area (Å²) in [7, 11) is 0. The SMILES string of the molecule is Cc1cc(C2=CC(=C3NN=C(C(N)=O)O3)C(N)=NC2(Cl)c2ccc(F)cc2)ccn1. The predicted octanol–water partition coefficient (Wildman–Crippen LogP) is 2.01. The number of alkyl halides is 1. The fraction of sp³-hybridized carbons (Fsp3) is 0.100. The molecule has 10 heteroatoms. The molecule has 0 bridgehead atoms. The zero-order chi connectivity index (χ0) is 21.5. The monoisotopic (exact) mass is 426 g/mol. The van der Waals surface area contributed by atoms with Crippen molar-refractivity contribution in [1.82, 2.24) is 10.4 Å². The number of nitrogens with one attached hydrogen (secondary N) is 1. The van der Waals surface area contributed by atoms with Crippen molar-refractivity contribution in [2.24, 2.45) is 21.6 Å². The van der Waals surface area contributed by atoms with Gasteiger partial charge in [-0.15, -0.1) is 5.10 Å². The number of aryl methyl sites for hydroxylation is 1. The number of halogens is 2. The number of pyridine rings is 1. The number of carbonyl (C=O) groups is 1. The van der Waals surface area contributed by atoms with Gasteiger partial charge in [-0.3, -0.25) is 9.78 Å². The quantitative estimate of drug-likeness (QED) is 0.511. The van der Waals surface area contributed by atoms with Crippen molar-refractivity contribution in [3.05, 3.63) is 82.8 Å². The van der Waals surface area contributed by atoms with Crippen molar-refractivity contribution in [2.75, 3.05) is 0 Å². The Bertz CT molecular complexity index is 1170. The fourth-order valence-electron chi connectivity index (χ4n) is 3.13. The Hall–Kier alpha value is -3.72. The van der Waals surface area contributed by atoms with E-state index in [-0.39, 0.29) is 17.6 Å². The number of dihydropyridines is 1. The minimum absolute atomic E-state index is 0.0345. The van der Waals surface area contributed by atoms with Gasteiger partial charge in [0.15, 0.2) is 5.00 Å². The van der Waals surface area contributed by atoms with E-state index in [2.05, 4.69) is 20.5 Å². The van der Waals surface area contributed by atoms with Gasteiger partial charge < -0.3 is 16.2 Å². The number of hydrogen-bond acceptors (Lipinski definition) is 7. The number of benzene rings is 1. The van der Waals surface area contributed by atoms with E-state index < -0.39 is 16.7 Å². The number of rotatable bonds is 3. The summed E-state index contributed by atoms with van der Waals surface area (Å²) >= 11 is 6.99. The molecule has 0 fully saturated rings. The molecule has 2 aromatic rings. The topological polar surface area (TPSA) is 128 Å². The first-order valence-electron chi connectivity index (χ1n) is 8.79. The van der Waals surface area contributed by atoms with Crippen molar-refractivity contribution < 1.29 is 13.9 Å². The molecule has 30 heavy (non-hydrogen) atoms. The van der Waals surface area contributed by atoms with Crippen LogP contribution in [0.15, 0.2) is 70.2 Å². The van der Waals surface area contributed by atoms with Gasteiger partial charge >= 0.3 is 11.8 Å². The largest absolute Gasteiger partial charge is 0.414 e. The van der Waals surface area contributed by atoms with Crippen LogP contribution in [0, 0.1) is 12.7 Å². The predicted molar refractivity (Wildman–Crippen MR) is 110 cm³/mol. The smallest absolute Gasteiger partial charge is 0.306 e. The van der Waals surface area contributed by atoms with E-state index in [1.165, 1.54) is 24.3 Å². The van der Waals surface area contributed by atoms with E-state index in [1.807, 2.05) is 13.0 Å². The number of nitrogens with two attached hydrogens (primary N) is 2. The van der Waals surface area contributed by atoms with Crippen LogP contribution in [-0.2, 0) is 14.5 Å². The standard InChI is InChI=1S/C20H16ClFN6O2/c1-10-8-11(6-7-25-10)15-9-14(18-27-28-19(30-18)17(24)29)16(23)26-20(15,21)12-2-4-13(22)5-3-12/h2-9,27H,1H3,(H2,23,26)(H2,24,29). The van der Waals surface area contributed by atoms with Gasteiger partial charge in [-0.1, -0.05) is 23.7 Å². The zero-order valence-electron chi connectivity index (χ0n) is 15.7. The van der Waals surface area contributed by atoms with Gasteiger partial charge in [0, 0.05) is 17.5 Å². The van der Waals surface area contributed by atoms with Crippen molar-refractivity contribution in [1.29, 1.82) is 0 Å². The summed E-state index contributed by atoms with van der Waals surface area (Å²) in [5.74, 6) is -1.42. The Kier molecular flexibility index (Phi) is 4.75. The average Bonchev–Trinajstić information content (AvgIpc) is 3.19. The minimum atomic E-state index is -1.43. The second-order valence-electron chi connectivity index (χ2n) is 6.61. The summed E-state index contributed by atoms with van der Waals surface area (Å²) in [6.45, 7) is 1.84. The summed E-state index contributed by atoms with van der Waals surface area (Å²) in [6, 6.07) is 9.27. The van der Waals surface area contributed by atoms with Crippen molar-refractivity contribution >= 4 is 34.8 Å². The first-order valence-corrected chi connectivity index (χ1v) is 9.17. The summed E-state index contributed by atoms with van der Waals surface area (Å²) in [5.41, 5.74) is 16.9. The number of amidine groups is 1. The molecule has 5 N–H and O–H groups in total. The number of hydrogen-bond donors (Lipinski definition) is 3. The Morgan fingerprint density at radius 3 is 2.63 bits per heavy atom. The third-order valence-corrected chi connectivity index (χ3v) is 5.05. The highest BCUT2D eigenvalue weighted by molar-refractivity contribution is 6.35. The lowest BCUT2D eigenvalue weighted by atomic mass is 9.88. The van der Waals surface area contributed by atoms with Crippen LogP contribution in [0.1, 0.15) is 16.8 Å². The highest BCUT2D eigenvalue weighted by Crippen LogP contribution is 2.47. The molecule has 2 aliphatic rings. The third kappa shape index (κ3) is 3.39. The summed E-state index contributed by atoms with van der Waals surface area (Å²) in [6.07, 6.45) is 3.32. The number of amides is 1. The van der Waals surface area contributed by atoms with Gasteiger partial charge in [0.2, 0.25) is 5.88 Å². The van der Waals surface area contributed by atoms with Crippen LogP contribution in [0.5, 0.6) is 0 Å². The van der Waals surface area contributed by atoms with Crippen molar-refractivity contribution in [3.8, 4) is 0 Å². The van der Waals surface area contributed by atoms with E-state index in [4.69, 9.17) is 27.8 Å². The first-order chi connectivity index (χ1) is 14.3. The molecule has 0 aliphatic carbocycles. The highest BCUT2D eigenvalue weighted by atomic mass is 35.5. The molecular weight excluding hydrogens is 411 g/mol. The van der Waals surface area contributed by atoms with Gasteiger partial charge in [0.25, 0.3) is 0 Å². The van der Waals surface area contributed by atoms with Crippen LogP contribution in [0.2, 0.25) is 0 Å². The lowest BCUT2D eigenvalue weighted by molar-refractivity contribution is -0.113.